The van der Waals surface area contributed by atoms with E-state index in [0.717, 1.165) is 12.1 Å². The lowest BCUT2D eigenvalue weighted by Crippen LogP contribution is -2.21. The van der Waals surface area contributed by atoms with Crippen LogP contribution in [-0.2, 0) is 11.2 Å². The van der Waals surface area contributed by atoms with Crippen LogP contribution in [0.25, 0.3) is 0 Å². The molecular formula is C16H19NO3S. The highest BCUT2D eigenvalue weighted by atomic mass is 32.1. The molecule has 2 aromatic rings. The van der Waals surface area contributed by atoms with Gasteiger partial charge in [0.2, 0.25) is 5.91 Å². The molecule has 1 amide bonds. The summed E-state index contributed by atoms with van der Waals surface area (Å²) in [6.45, 7) is 2.18. The summed E-state index contributed by atoms with van der Waals surface area (Å²) in [5.74, 6) is 0.607. The molecule has 0 spiro atoms. The number of ether oxygens (including phenoxy) is 1. The smallest absolute Gasteiger partial charge is 0.227 e. The molecule has 0 aliphatic heterocycles. The summed E-state index contributed by atoms with van der Waals surface area (Å²) in [4.78, 5) is 13.3. The highest BCUT2D eigenvalue weighted by Crippen LogP contribution is 2.18. The Balaban J connectivity index is 1.86. The van der Waals surface area contributed by atoms with Crippen LogP contribution in [0.4, 0.5) is 5.69 Å². The number of rotatable bonds is 7. The SMILES string of the molecule is CC(Cc1cccs1)C(=O)Nc1ccc(OCCO)cc1. The molecule has 1 atom stereocenters. The first-order valence-corrected chi connectivity index (χ1v) is 7.74. The van der Waals surface area contributed by atoms with Crippen molar-refractivity contribution in [2.24, 2.45) is 5.92 Å². The third-order valence-corrected chi connectivity index (χ3v) is 3.92. The number of aliphatic hydroxyl groups excluding tert-OH is 1. The van der Waals surface area contributed by atoms with E-state index in [2.05, 4.69) is 5.32 Å². The van der Waals surface area contributed by atoms with Crippen LogP contribution < -0.4 is 10.1 Å². The molecule has 1 unspecified atom stereocenters. The number of aliphatic hydroxyl groups is 1. The van der Waals surface area contributed by atoms with Gasteiger partial charge in [0.1, 0.15) is 12.4 Å². The zero-order valence-electron chi connectivity index (χ0n) is 11.9. The molecule has 0 aliphatic carbocycles. The van der Waals surface area contributed by atoms with Gasteiger partial charge in [-0.25, -0.2) is 0 Å². The third kappa shape index (κ3) is 4.88. The van der Waals surface area contributed by atoms with Crippen molar-refractivity contribution in [3.05, 3.63) is 46.7 Å². The highest BCUT2D eigenvalue weighted by molar-refractivity contribution is 7.09. The summed E-state index contributed by atoms with van der Waals surface area (Å²) in [5.41, 5.74) is 0.745. The lowest BCUT2D eigenvalue weighted by molar-refractivity contribution is -0.119. The van der Waals surface area contributed by atoms with E-state index >= 15 is 0 Å². The maximum absolute atomic E-state index is 12.1. The van der Waals surface area contributed by atoms with Gasteiger partial charge >= 0.3 is 0 Å². The molecule has 0 radical (unpaired) electrons. The first-order valence-electron chi connectivity index (χ1n) is 6.86. The quantitative estimate of drug-likeness (QED) is 0.827. The Morgan fingerprint density at radius 3 is 2.71 bits per heavy atom. The van der Waals surface area contributed by atoms with E-state index in [9.17, 15) is 4.79 Å². The zero-order chi connectivity index (χ0) is 15.1. The van der Waals surface area contributed by atoms with Crippen molar-refractivity contribution in [1.29, 1.82) is 0 Å². The Morgan fingerprint density at radius 1 is 1.33 bits per heavy atom. The van der Waals surface area contributed by atoms with E-state index in [1.54, 1.807) is 35.6 Å². The Labute approximate surface area is 128 Å². The minimum absolute atomic E-state index is 0.00688. The van der Waals surface area contributed by atoms with Crippen molar-refractivity contribution < 1.29 is 14.6 Å². The molecule has 0 aliphatic rings. The summed E-state index contributed by atoms with van der Waals surface area (Å²) < 4.78 is 5.27. The second-order valence-corrected chi connectivity index (χ2v) is 5.80. The van der Waals surface area contributed by atoms with Gasteiger partial charge in [0.25, 0.3) is 0 Å². The Bertz CT molecular complexity index is 551. The summed E-state index contributed by atoms with van der Waals surface area (Å²) >= 11 is 1.67. The van der Waals surface area contributed by atoms with E-state index in [-0.39, 0.29) is 25.0 Å². The van der Waals surface area contributed by atoms with Crippen molar-refractivity contribution >= 4 is 22.9 Å². The molecule has 1 aromatic carbocycles. The molecular weight excluding hydrogens is 286 g/mol. The van der Waals surface area contributed by atoms with Crippen molar-refractivity contribution in [3.8, 4) is 5.75 Å². The molecule has 2 rings (SSSR count). The number of thiophene rings is 1. The molecule has 4 nitrogen and oxygen atoms in total. The Morgan fingerprint density at radius 2 is 2.10 bits per heavy atom. The van der Waals surface area contributed by atoms with Crippen molar-refractivity contribution in [1.82, 2.24) is 0 Å². The van der Waals surface area contributed by atoms with Crippen LogP contribution >= 0.6 is 11.3 Å². The van der Waals surface area contributed by atoms with Crippen LogP contribution in [0, 0.1) is 5.92 Å². The first-order chi connectivity index (χ1) is 10.2. The largest absolute Gasteiger partial charge is 0.491 e. The Kier molecular flexibility index (Phi) is 5.78. The third-order valence-electron chi connectivity index (χ3n) is 3.02. The molecule has 1 aromatic heterocycles. The van der Waals surface area contributed by atoms with E-state index in [0.29, 0.717) is 5.75 Å². The van der Waals surface area contributed by atoms with Gasteiger partial charge in [-0.15, -0.1) is 11.3 Å². The molecule has 0 saturated heterocycles. The molecule has 2 N–H and O–H groups in total. The molecule has 0 fully saturated rings. The van der Waals surface area contributed by atoms with Crippen LogP contribution in [0.15, 0.2) is 41.8 Å². The monoisotopic (exact) mass is 305 g/mol. The lowest BCUT2D eigenvalue weighted by Gasteiger charge is -2.12. The molecule has 1 heterocycles. The second kappa shape index (κ2) is 7.81. The van der Waals surface area contributed by atoms with E-state index < -0.39 is 0 Å². The number of anilines is 1. The molecule has 112 valence electrons. The molecule has 0 bridgehead atoms. The summed E-state index contributed by atoms with van der Waals surface area (Å²) in [6, 6.07) is 11.2. The highest BCUT2D eigenvalue weighted by Gasteiger charge is 2.14. The van der Waals surface area contributed by atoms with Crippen molar-refractivity contribution in [3.63, 3.8) is 0 Å². The molecule has 0 saturated carbocycles. The van der Waals surface area contributed by atoms with Crippen LogP contribution in [0.3, 0.4) is 0 Å². The number of carbonyl (C=O) groups is 1. The maximum atomic E-state index is 12.1. The van der Waals surface area contributed by atoms with E-state index in [1.165, 1.54) is 4.88 Å². The fourth-order valence-electron chi connectivity index (χ4n) is 1.89. The minimum atomic E-state index is -0.0750. The van der Waals surface area contributed by atoms with Gasteiger partial charge in [-0.3, -0.25) is 4.79 Å². The summed E-state index contributed by atoms with van der Waals surface area (Å²) in [7, 11) is 0. The minimum Gasteiger partial charge on any atom is -0.491 e. The number of amides is 1. The van der Waals surface area contributed by atoms with Crippen LogP contribution in [0.5, 0.6) is 5.75 Å². The lowest BCUT2D eigenvalue weighted by atomic mass is 10.1. The molecule has 21 heavy (non-hydrogen) atoms. The van der Waals surface area contributed by atoms with Gasteiger partial charge in [-0.2, -0.15) is 0 Å². The topological polar surface area (TPSA) is 58.6 Å². The van der Waals surface area contributed by atoms with Crippen LogP contribution in [0.2, 0.25) is 0 Å². The number of benzene rings is 1. The average Bonchev–Trinajstić information content (AvgIpc) is 2.99. The van der Waals surface area contributed by atoms with Gasteiger partial charge in [0.05, 0.1) is 6.61 Å². The standard InChI is InChI=1S/C16H19NO3S/c1-12(11-15-3-2-10-21-15)16(19)17-13-4-6-14(7-5-13)20-9-8-18/h2-7,10,12,18H,8-9,11H2,1H3,(H,17,19). The van der Waals surface area contributed by atoms with Crippen LogP contribution in [0.1, 0.15) is 11.8 Å². The number of hydrogen-bond donors (Lipinski definition) is 2. The van der Waals surface area contributed by atoms with E-state index in [4.69, 9.17) is 9.84 Å². The van der Waals surface area contributed by atoms with Gasteiger partial charge < -0.3 is 15.2 Å². The number of nitrogens with one attached hydrogen (secondary N) is 1. The predicted molar refractivity (Wildman–Crippen MR) is 84.8 cm³/mol. The predicted octanol–water partition coefficient (Wildman–Crippen LogP) is 2.94. The van der Waals surface area contributed by atoms with Crippen LogP contribution in [-0.4, -0.2) is 24.2 Å². The van der Waals surface area contributed by atoms with Gasteiger partial charge in [-0.05, 0) is 42.1 Å². The Hall–Kier alpha value is -1.85. The van der Waals surface area contributed by atoms with Gasteiger partial charge in [-0.1, -0.05) is 13.0 Å². The molecule has 5 heteroatoms. The maximum Gasteiger partial charge on any atom is 0.227 e. The number of carbonyl (C=O) groups excluding carboxylic acids is 1. The summed E-state index contributed by atoms with van der Waals surface area (Å²) in [6.07, 6.45) is 0.751. The summed E-state index contributed by atoms with van der Waals surface area (Å²) in [5, 5.41) is 13.6. The average molecular weight is 305 g/mol. The fourth-order valence-corrected chi connectivity index (χ4v) is 2.72. The normalized spacial score (nSPS) is 11.9. The second-order valence-electron chi connectivity index (χ2n) is 4.77. The van der Waals surface area contributed by atoms with Gasteiger partial charge in [0.15, 0.2) is 0 Å². The number of hydrogen-bond acceptors (Lipinski definition) is 4. The van der Waals surface area contributed by atoms with Crippen molar-refractivity contribution in [2.45, 2.75) is 13.3 Å². The van der Waals surface area contributed by atoms with Crippen molar-refractivity contribution in [2.75, 3.05) is 18.5 Å². The zero-order valence-corrected chi connectivity index (χ0v) is 12.7. The van der Waals surface area contributed by atoms with Gasteiger partial charge in [0, 0.05) is 16.5 Å². The first kappa shape index (κ1) is 15.5. The van der Waals surface area contributed by atoms with E-state index in [1.807, 2.05) is 24.4 Å². The fraction of sp³-hybridized carbons (Fsp3) is 0.312.